The molecule has 2 bridgehead atoms. The molecule has 0 radical (unpaired) electrons. The number of ether oxygens (including phenoxy) is 1. The minimum absolute atomic E-state index is 0.219. The lowest BCUT2D eigenvalue weighted by Crippen LogP contribution is -2.75. The Bertz CT molecular complexity index is 528. The highest BCUT2D eigenvalue weighted by Gasteiger charge is 2.79. The van der Waals surface area contributed by atoms with Crippen LogP contribution in [-0.2, 0) is 14.3 Å². The summed E-state index contributed by atoms with van der Waals surface area (Å²) in [6.07, 6.45) is -0.868. The van der Waals surface area contributed by atoms with Crippen molar-refractivity contribution in [2.45, 2.75) is 57.3 Å². The molecule has 118 valence electrons. The number of carbonyl (C=O) groups excluding carboxylic acids is 2. The van der Waals surface area contributed by atoms with Crippen LogP contribution in [0.2, 0.25) is 0 Å². The van der Waals surface area contributed by atoms with Gasteiger partial charge >= 0.3 is 5.97 Å². The maximum Gasteiger partial charge on any atom is 0.335 e. The van der Waals surface area contributed by atoms with Gasteiger partial charge in [-0.05, 0) is 25.7 Å². The summed E-state index contributed by atoms with van der Waals surface area (Å²) in [7, 11) is 0. The lowest BCUT2D eigenvalue weighted by molar-refractivity contribution is -0.261. The molecule has 0 unspecified atom stereocenters. The van der Waals surface area contributed by atoms with E-state index in [1.54, 1.807) is 6.92 Å². The Hall–Kier alpha value is -0.980. The summed E-state index contributed by atoms with van der Waals surface area (Å²) in [4.78, 5) is 24.6. The third-order valence-electron chi connectivity index (χ3n) is 6.79. The standard InChI is InChI=1S/C15H22O6/c1-8-4-5-15(20)12(2)7-21-11(18)10(17)14(8,15)6-9(16)13(12,3)19/h8,10,17,19-20H,4-7H2,1-3H3/t8-,10+,12-,13+,14+,15+/m1/s1. The zero-order valence-electron chi connectivity index (χ0n) is 12.5. The summed E-state index contributed by atoms with van der Waals surface area (Å²) in [6.45, 7) is 4.48. The quantitative estimate of drug-likeness (QED) is 0.534. The molecular weight excluding hydrogens is 276 g/mol. The lowest BCUT2D eigenvalue weighted by atomic mass is 9.45. The molecule has 2 aliphatic carbocycles. The largest absolute Gasteiger partial charge is 0.463 e. The number of rotatable bonds is 0. The van der Waals surface area contributed by atoms with Crippen molar-refractivity contribution in [2.75, 3.05) is 6.61 Å². The molecule has 1 aliphatic heterocycles. The number of ketones is 1. The summed E-state index contributed by atoms with van der Waals surface area (Å²) < 4.78 is 5.10. The maximum absolute atomic E-state index is 12.5. The summed E-state index contributed by atoms with van der Waals surface area (Å²) in [5.41, 5.74) is -5.95. The minimum Gasteiger partial charge on any atom is -0.463 e. The zero-order valence-corrected chi connectivity index (χ0v) is 12.5. The molecule has 1 heterocycles. The highest BCUT2D eigenvalue weighted by molar-refractivity contribution is 5.92. The van der Waals surface area contributed by atoms with Crippen LogP contribution in [0.15, 0.2) is 0 Å². The monoisotopic (exact) mass is 298 g/mol. The summed E-state index contributed by atoms with van der Waals surface area (Å²) >= 11 is 0. The van der Waals surface area contributed by atoms with Crippen molar-refractivity contribution in [3.63, 3.8) is 0 Å². The number of hydrogen-bond donors (Lipinski definition) is 3. The number of aliphatic hydroxyl groups is 3. The van der Waals surface area contributed by atoms with Crippen molar-refractivity contribution >= 4 is 11.8 Å². The fraction of sp³-hybridized carbons (Fsp3) is 0.867. The number of hydrogen-bond acceptors (Lipinski definition) is 6. The molecule has 1 saturated heterocycles. The van der Waals surface area contributed by atoms with Gasteiger partial charge in [0, 0.05) is 11.8 Å². The molecule has 0 aromatic rings. The number of cyclic esters (lactones) is 1. The first-order valence-electron chi connectivity index (χ1n) is 7.37. The predicted octanol–water partition coefficient (Wildman–Crippen LogP) is -0.218. The van der Waals surface area contributed by atoms with E-state index in [0.29, 0.717) is 12.8 Å². The molecule has 2 saturated carbocycles. The van der Waals surface area contributed by atoms with E-state index < -0.39 is 39.9 Å². The number of Topliss-reactive ketones (excluding diaryl/α,β-unsaturated/α-hetero) is 1. The highest BCUT2D eigenvalue weighted by atomic mass is 16.6. The molecule has 6 heteroatoms. The fourth-order valence-corrected chi connectivity index (χ4v) is 4.94. The molecule has 6 atom stereocenters. The molecule has 0 amide bonds. The Morgan fingerprint density at radius 2 is 1.86 bits per heavy atom. The van der Waals surface area contributed by atoms with Gasteiger partial charge < -0.3 is 20.1 Å². The van der Waals surface area contributed by atoms with E-state index >= 15 is 0 Å². The smallest absolute Gasteiger partial charge is 0.335 e. The van der Waals surface area contributed by atoms with Crippen LogP contribution >= 0.6 is 0 Å². The molecule has 0 spiro atoms. The Labute approximate surface area is 123 Å². The first-order valence-corrected chi connectivity index (χ1v) is 7.37. The van der Waals surface area contributed by atoms with Crippen LogP contribution in [-0.4, -0.2) is 51.0 Å². The van der Waals surface area contributed by atoms with Gasteiger partial charge in [0.2, 0.25) is 0 Å². The van der Waals surface area contributed by atoms with E-state index in [2.05, 4.69) is 0 Å². The first kappa shape index (κ1) is 14.9. The van der Waals surface area contributed by atoms with Gasteiger partial charge in [-0.2, -0.15) is 0 Å². The van der Waals surface area contributed by atoms with Crippen LogP contribution in [0.5, 0.6) is 0 Å². The van der Waals surface area contributed by atoms with E-state index in [-0.39, 0.29) is 18.9 Å². The normalized spacial score (nSPS) is 56.7. The highest BCUT2D eigenvalue weighted by Crippen LogP contribution is 2.68. The predicted molar refractivity (Wildman–Crippen MR) is 71.1 cm³/mol. The second kappa shape index (κ2) is 3.86. The Morgan fingerprint density at radius 3 is 2.48 bits per heavy atom. The van der Waals surface area contributed by atoms with Crippen molar-refractivity contribution in [2.24, 2.45) is 16.7 Å². The molecule has 3 fully saturated rings. The summed E-state index contributed by atoms with van der Waals surface area (Å²) in [6, 6.07) is 0. The van der Waals surface area contributed by atoms with Crippen LogP contribution in [0.1, 0.15) is 40.0 Å². The van der Waals surface area contributed by atoms with E-state index in [1.165, 1.54) is 6.92 Å². The molecule has 3 rings (SSSR count). The minimum atomic E-state index is -1.81. The van der Waals surface area contributed by atoms with Gasteiger partial charge in [0.05, 0.1) is 11.0 Å². The van der Waals surface area contributed by atoms with Gasteiger partial charge in [0.25, 0.3) is 0 Å². The summed E-state index contributed by atoms with van der Waals surface area (Å²) in [5.74, 6) is -1.50. The van der Waals surface area contributed by atoms with Crippen LogP contribution in [0.4, 0.5) is 0 Å². The third-order valence-corrected chi connectivity index (χ3v) is 6.79. The van der Waals surface area contributed by atoms with Crippen molar-refractivity contribution in [1.29, 1.82) is 0 Å². The molecule has 0 aromatic heterocycles. The van der Waals surface area contributed by atoms with Crippen molar-refractivity contribution in [3.05, 3.63) is 0 Å². The second-order valence-corrected chi connectivity index (χ2v) is 7.35. The first-order chi connectivity index (χ1) is 9.54. The summed E-state index contributed by atoms with van der Waals surface area (Å²) in [5, 5.41) is 32.7. The van der Waals surface area contributed by atoms with E-state index in [9.17, 15) is 24.9 Å². The topological polar surface area (TPSA) is 104 Å². The molecule has 3 N–H and O–H groups in total. The van der Waals surface area contributed by atoms with Crippen LogP contribution in [0.3, 0.4) is 0 Å². The lowest BCUT2D eigenvalue weighted by Gasteiger charge is -2.60. The van der Waals surface area contributed by atoms with Crippen molar-refractivity contribution < 1.29 is 29.6 Å². The van der Waals surface area contributed by atoms with Gasteiger partial charge in [-0.1, -0.05) is 13.8 Å². The average molecular weight is 298 g/mol. The molecular formula is C15H22O6. The van der Waals surface area contributed by atoms with E-state index in [4.69, 9.17) is 4.74 Å². The SMILES string of the molecule is C[C@@H]1CC[C@@]2(O)[C@@]13CC(=O)[C@](C)(O)[C@@]2(C)COC(=O)[C@@H]3O. The average Bonchev–Trinajstić information content (AvgIpc) is 2.66. The van der Waals surface area contributed by atoms with E-state index in [1.807, 2.05) is 6.92 Å². The van der Waals surface area contributed by atoms with Crippen LogP contribution < -0.4 is 0 Å². The van der Waals surface area contributed by atoms with Crippen molar-refractivity contribution in [1.82, 2.24) is 0 Å². The number of esters is 1. The van der Waals surface area contributed by atoms with Gasteiger partial charge in [0.1, 0.15) is 12.2 Å². The van der Waals surface area contributed by atoms with Gasteiger partial charge in [-0.3, -0.25) is 4.79 Å². The van der Waals surface area contributed by atoms with E-state index in [0.717, 1.165) is 0 Å². The number of aliphatic hydroxyl groups excluding tert-OH is 1. The van der Waals surface area contributed by atoms with Crippen LogP contribution in [0.25, 0.3) is 0 Å². The molecule has 6 nitrogen and oxygen atoms in total. The van der Waals surface area contributed by atoms with Gasteiger partial charge in [-0.15, -0.1) is 0 Å². The zero-order chi connectivity index (χ0) is 15.8. The van der Waals surface area contributed by atoms with Crippen LogP contribution in [0, 0.1) is 16.7 Å². The molecule has 3 aliphatic rings. The Balaban J connectivity index is 2.33. The second-order valence-electron chi connectivity index (χ2n) is 7.35. The maximum atomic E-state index is 12.5. The molecule has 0 aromatic carbocycles. The fourth-order valence-electron chi connectivity index (χ4n) is 4.94. The van der Waals surface area contributed by atoms with Gasteiger partial charge in [-0.25, -0.2) is 4.79 Å². The third kappa shape index (κ3) is 1.30. The Kier molecular flexibility index (Phi) is 2.74. The van der Waals surface area contributed by atoms with Gasteiger partial charge in [0.15, 0.2) is 11.9 Å². The van der Waals surface area contributed by atoms with Crippen molar-refractivity contribution in [3.8, 4) is 0 Å². The molecule has 21 heavy (non-hydrogen) atoms. The Morgan fingerprint density at radius 1 is 1.24 bits per heavy atom. The number of carbonyl (C=O) groups is 2.